The first-order chi connectivity index (χ1) is 13.6. The van der Waals surface area contributed by atoms with E-state index in [1.807, 2.05) is 4.90 Å². The SMILES string of the molecule is O=C(N[C@@H]1C[C@H](C(=O)N2CCc3[nH]ncc3C2)C[C@H]1O)c1n[nH]c2c1CCC2. The molecule has 4 N–H and O–H groups in total. The predicted octanol–water partition coefficient (Wildman–Crippen LogP) is 0.0757. The third-order valence-corrected chi connectivity index (χ3v) is 6.33. The molecule has 0 spiro atoms. The molecular formula is C19H24N6O3. The Balaban J connectivity index is 1.23. The zero-order chi connectivity index (χ0) is 19.3. The number of hydrogen-bond acceptors (Lipinski definition) is 5. The Kier molecular flexibility index (Phi) is 4.19. The number of rotatable bonds is 3. The van der Waals surface area contributed by atoms with Gasteiger partial charge in [-0.3, -0.25) is 19.8 Å². The van der Waals surface area contributed by atoms with E-state index in [1.165, 1.54) is 0 Å². The van der Waals surface area contributed by atoms with Gasteiger partial charge in [-0.05, 0) is 32.1 Å². The van der Waals surface area contributed by atoms with E-state index >= 15 is 0 Å². The van der Waals surface area contributed by atoms with E-state index < -0.39 is 12.1 Å². The molecule has 148 valence electrons. The van der Waals surface area contributed by atoms with Crippen LogP contribution >= 0.6 is 0 Å². The summed E-state index contributed by atoms with van der Waals surface area (Å²) in [5, 5.41) is 27.4. The number of carbonyl (C=O) groups is 2. The molecule has 5 rings (SSSR count). The zero-order valence-electron chi connectivity index (χ0n) is 15.6. The molecule has 1 saturated carbocycles. The lowest BCUT2D eigenvalue weighted by molar-refractivity contribution is -0.136. The molecule has 3 aliphatic rings. The van der Waals surface area contributed by atoms with Crippen molar-refractivity contribution in [2.45, 2.75) is 57.2 Å². The third-order valence-electron chi connectivity index (χ3n) is 6.33. The molecule has 9 nitrogen and oxygen atoms in total. The summed E-state index contributed by atoms with van der Waals surface area (Å²) >= 11 is 0. The first kappa shape index (κ1) is 17.4. The van der Waals surface area contributed by atoms with Crippen LogP contribution in [-0.2, 0) is 30.6 Å². The van der Waals surface area contributed by atoms with Crippen molar-refractivity contribution in [3.8, 4) is 0 Å². The van der Waals surface area contributed by atoms with E-state index in [1.54, 1.807) is 6.20 Å². The summed E-state index contributed by atoms with van der Waals surface area (Å²) in [6, 6.07) is -0.426. The smallest absolute Gasteiger partial charge is 0.272 e. The van der Waals surface area contributed by atoms with Gasteiger partial charge in [0.1, 0.15) is 0 Å². The van der Waals surface area contributed by atoms with E-state index in [0.717, 1.165) is 48.2 Å². The van der Waals surface area contributed by atoms with Gasteiger partial charge in [-0.25, -0.2) is 0 Å². The van der Waals surface area contributed by atoms with Gasteiger partial charge in [0, 0.05) is 47.9 Å². The summed E-state index contributed by atoms with van der Waals surface area (Å²) in [5.74, 6) is -0.500. The number of hydrogen-bond donors (Lipinski definition) is 4. The summed E-state index contributed by atoms with van der Waals surface area (Å²) in [4.78, 5) is 27.4. The van der Waals surface area contributed by atoms with Crippen LogP contribution in [0.2, 0.25) is 0 Å². The highest BCUT2D eigenvalue weighted by Gasteiger charge is 2.40. The van der Waals surface area contributed by atoms with Crippen molar-refractivity contribution >= 4 is 11.8 Å². The number of nitrogens with one attached hydrogen (secondary N) is 3. The molecule has 2 aromatic heterocycles. The molecule has 3 atom stereocenters. The van der Waals surface area contributed by atoms with Crippen molar-refractivity contribution in [3.05, 3.63) is 34.4 Å². The van der Waals surface area contributed by atoms with Gasteiger partial charge in [0.05, 0.1) is 18.3 Å². The van der Waals surface area contributed by atoms with Crippen LogP contribution in [0.4, 0.5) is 0 Å². The number of aromatic amines is 2. The first-order valence-corrected chi connectivity index (χ1v) is 9.95. The zero-order valence-corrected chi connectivity index (χ0v) is 15.6. The molecule has 0 bridgehead atoms. The Bertz CT molecular complexity index is 919. The van der Waals surface area contributed by atoms with Crippen LogP contribution < -0.4 is 5.32 Å². The average molecular weight is 384 g/mol. The van der Waals surface area contributed by atoms with E-state index in [0.29, 0.717) is 31.6 Å². The number of aryl methyl sites for hydroxylation is 1. The van der Waals surface area contributed by atoms with Crippen molar-refractivity contribution in [1.29, 1.82) is 0 Å². The fraction of sp³-hybridized carbons (Fsp3) is 0.579. The lowest BCUT2D eigenvalue weighted by Crippen LogP contribution is -2.41. The van der Waals surface area contributed by atoms with Gasteiger partial charge in [-0.15, -0.1) is 0 Å². The van der Waals surface area contributed by atoms with E-state index in [4.69, 9.17) is 0 Å². The van der Waals surface area contributed by atoms with Crippen LogP contribution in [0, 0.1) is 5.92 Å². The van der Waals surface area contributed by atoms with Gasteiger partial charge in [0.25, 0.3) is 5.91 Å². The van der Waals surface area contributed by atoms with Crippen molar-refractivity contribution in [3.63, 3.8) is 0 Å². The van der Waals surface area contributed by atoms with Gasteiger partial charge in [0.2, 0.25) is 5.91 Å². The monoisotopic (exact) mass is 384 g/mol. The quantitative estimate of drug-likeness (QED) is 0.596. The topological polar surface area (TPSA) is 127 Å². The maximum atomic E-state index is 12.9. The number of nitrogens with zero attached hydrogens (tertiary/aromatic N) is 3. The number of aliphatic hydroxyl groups is 1. The minimum Gasteiger partial charge on any atom is -0.391 e. The second-order valence-corrected chi connectivity index (χ2v) is 8.08. The molecule has 28 heavy (non-hydrogen) atoms. The Labute approximate surface area is 161 Å². The Hall–Kier alpha value is -2.68. The van der Waals surface area contributed by atoms with Gasteiger partial charge in [-0.1, -0.05) is 0 Å². The molecule has 0 saturated heterocycles. The van der Waals surface area contributed by atoms with E-state index in [2.05, 4.69) is 25.7 Å². The van der Waals surface area contributed by atoms with Crippen LogP contribution in [0.1, 0.15) is 52.3 Å². The number of aliphatic hydroxyl groups excluding tert-OH is 1. The van der Waals surface area contributed by atoms with Gasteiger partial charge in [0.15, 0.2) is 5.69 Å². The Morgan fingerprint density at radius 1 is 1.18 bits per heavy atom. The number of amides is 2. The molecule has 0 radical (unpaired) electrons. The summed E-state index contributed by atoms with van der Waals surface area (Å²) in [7, 11) is 0. The number of carbonyl (C=O) groups excluding carboxylic acids is 2. The molecule has 9 heteroatoms. The second-order valence-electron chi connectivity index (χ2n) is 8.08. The summed E-state index contributed by atoms with van der Waals surface area (Å²) in [6.07, 6.45) is 5.44. The molecule has 2 aromatic rings. The maximum Gasteiger partial charge on any atom is 0.272 e. The molecule has 1 aliphatic heterocycles. The average Bonchev–Trinajstić information content (AvgIpc) is 3.45. The predicted molar refractivity (Wildman–Crippen MR) is 98.3 cm³/mol. The number of fused-ring (bicyclic) bond motifs is 2. The molecular weight excluding hydrogens is 360 g/mol. The molecule has 0 unspecified atom stereocenters. The summed E-state index contributed by atoms with van der Waals surface area (Å²) in [5.41, 5.74) is 4.59. The highest BCUT2D eigenvalue weighted by atomic mass is 16.3. The van der Waals surface area contributed by atoms with Crippen molar-refractivity contribution in [2.24, 2.45) is 5.92 Å². The van der Waals surface area contributed by atoms with Crippen LogP contribution in [0.15, 0.2) is 6.20 Å². The largest absolute Gasteiger partial charge is 0.391 e. The van der Waals surface area contributed by atoms with Crippen LogP contribution in [-0.4, -0.2) is 60.9 Å². The first-order valence-electron chi connectivity index (χ1n) is 9.95. The molecule has 2 aliphatic carbocycles. The van der Waals surface area contributed by atoms with Gasteiger partial charge >= 0.3 is 0 Å². The normalized spacial score (nSPS) is 26.2. The Morgan fingerprint density at radius 2 is 2.07 bits per heavy atom. The number of aromatic nitrogens is 4. The fourth-order valence-electron chi connectivity index (χ4n) is 4.78. The minimum absolute atomic E-state index is 0.0447. The van der Waals surface area contributed by atoms with E-state index in [-0.39, 0.29) is 17.7 Å². The molecule has 3 heterocycles. The standard InChI is InChI=1S/C19H24N6O3/c26-16-7-10(19(28)25-5-4-13-11(9-25)8-20-22-13)6-15(16)21-18(27)17-12-2-1-3-14(12)23-24-17/h8,10,15-16,26H,1-7,9H2,(H,20,22)(H,21,27)(H,23,24)/t10-,15+,16+/m0/s1. The molecule has 2 amide bonds. The third kappa shape index (κ3) is 2.90. The molecule has 1 fully saturated rings. The van der Waals surface area contributed by atoms with E-state index in [9.17, 15) is 14.7 Å². The Morgan fingerprint density at radius 3 is 2.96 bits per heavy atom. The van der Waals surface area contributed by atoms with Crippen molar-refractivity contribution in [1.82, 2.24) is 30.6 Å². The molecule has 0 aromatic carbocycles. The highest BCUT2D eigenvalue weighted by molar-refractivity contribution is 5.94. The van der Waals surface area contributed by atoms with Crippen LogP contribution in [0.25, 0.3) is 0 Å². The summed E-state index contributed by atoms with van der Waals surface area (Å²) in [6.45, 7) is 1.20. The maximum absolute atomic E-state index is 12.9. The lowest BCUT2D eigenvalue weighted by atomic mass is 10.0. The van der Waals surface area contributed by atoms with Crippen LogP contribution in [0.5, 0.6) is 0 Å². The fourth-order valence-corrected chi connectivity index (χ4v) is 4.78. The highest BCUT2D eigenvalue weighted by Crippen LogP contribution is 2.30. The van der Waals surface area contributed by atoms with Crippen molar-refractivity contribution < 1.29 is 14.7 Å². The summed E-state index contributed by atoms with van der Waals surface area (Å²) < 4.78 is 0. The number of H-pyrrole nitrogens is 2. The minimum atomic E-state index is -0.723. The lowest BCUT2D eigenvalue weighted by Gasteiger charge is -2.29. The van der Waals surface area contributed by atoms with Gasteiger partial charge in [-0.2, -0.15) is 10.2 Å². The van der Waals surface area contributed by atoms with Gasteiger partial charge < -0.3 is 15.3 Å². The van der Waals surface area contributed by atoms with Crippen molar-refractivity contribution in [2.75, 3.05) is 6.54 Å². The second kappa shape index (κ2) is 6.73. The van der Waals surface area contributed by atoms with Crippen LogP contribution in [0.3, 0.4) is 0 Å².